The standard InChI is InChI=1S/C10H14N2O/c1-2-13-10-9(7-3-4-7)5-8(11)6-12-10/h5-7H,2-4,11H2,1H3. The van der Waals surface area contributed by atoms with E-state index >= 15 is 0 Å². The molecule has 1 aromatic rings. The largest absolute Gasteiger partial charge is 0.478 e. The number of ether oxygens (including phenoxy) is 1. The summed E-state index contributed by atoms with van der Waals surface area (Å²) in [5.74, 6) is 1.40. The molecule has 0 atom stereocenters. The van der Waals surface area contributed by atoms with E-state index in [-0.39, 0.29) is 0 Å². The summed E-state index contributed by atoms with van der Waals surface area (Å²) in [5.41, 5.74) is 7.58. The predicted octanol–water partition coefficient (Wildman–Crippen LogP) is 1.94. The van der Waals surface area contributed by atoms with Crippen LogP contribution in [0.4, 0.5) is 5.69 Å². The lowest BCUT2D eigenvalue weighted by Crippen LogP contribution is -1.99. The van der Waals surface area contributed by atoms with Crippen molar-refractivity contribution in [2.75, 3.05) is 12.3 Å². The molecular formula is C10H14N2O. The first-order valence-electron chi connectivity index (χ1n) is 4.69. The van der Waals surface area contributed by atoms with Crippen LogP contribution in [0.5, 0.6) is 5.88 Å². The van der Waals surface area contributed by atoms with E-state index in [0.29, 0.717) is 12.5 Å². The molecule has 13 heavy (non-hydrogen) atoms. The molecule has 0 aromatic carbocycles. The quantitative estimate of drug-likeness (QED) is 0.769. The van der Waals surface area contributed by atoms with Crippen molar-refractivity contribution >= 4 is 5.69 Å². The molecule has 0 radical (unpaired) electrons. The van der Waals surface area contributed by atoms with Crippen molar-refractivity contribution in [3.63, 3.8) is 0 Å². The third-order valence-corrected chi connectivity index (χ3v) is 2.20. The second kappa shape index (κ2) is 3.24. The Morgan fingerprint density at radius 1 is 1.62 bits per heavy atom. The van der Waals surface area contributed by atoms with Gasteiger partial charge in [-0.1, -0.05) is 0 Å². The van der Waals surface area contributed by atoms with Gasteiger partial charge in [-0.3, -0.25) is 0 Å². The van der Waals surface area contributed by atoms with Crippen LogP contribution >= 0.6 is 0 Å². The molecule has 1 heterocycles. The topological polar surface area (TPSA) is 48.1 Å². The van der Waals surface area contributed by atoms with Gasteiger partial charge in [-0.15, -0.1) is 0 Å². The molecule has 2 N–H and O–H groups in total. The molecule has 0 unspecified atom stereocenters. The highest BCUT2D eigenvalue weighted by molar-refractivity contribution is 5.45. The number of hydrogen-bond donors (Lipinski definition) is 1. The van der Waals surface area contributed by atoms with E-state index in [1.54, 1.807) is 6.20 Å². The van der Waals surface area contributed by atoms with Crippen molar-refractivity contribution in [1.82, 2.24) is 4.98 Å². The molecule has 3 nitrogen and oxygen atoms in total. The van der Waals surface area contributed by atoms with E-state index in [4.69, 9.17) is 10.5 Å². The second-order valence-corrected chi connectivity index (χ2v) is 3.37. The van der Waals surface area contributed by atoms with E-state index in [9.17, 15) is 0 Å². The summed E-state index contributed by atoms with van der Waals surface area (Å²) in [4.78, 5) is 4.18. The Morgan fingerprint density at radius 2 is 2.38 bits per heavy atom. The van der Waals surface area contributed by atoms with Crippen molar-refractivity contribution in [3.8, 4) is 5.88 Å². The number of nitrogens with two attached hydrogens (primary N) is 1. The van der Waals surface area contributed by atoms with Crippen LogP contribution in [0.25, 0.3) is 0 Å². The Balaban J connectivity index is 2.30. The summed E-state index contributed by atoms with van der Waals surface area (Å²) in [7, 11) is 0. The van der Waals surface area contributed by atoms with Crippen molar-refractivity contribution in [1.29, 1.82) is 0 Å². The number of nitrogen functional groups attached to an aromatic ring is 1. The van der Waals surface area contributed by atoms with Crippen LogP contribution in [0.2, 0.25) is 0 Å². The molecule has 2 rings (SSSR count). The number of rotatable bonds is 3. The molecule has 0 amide bonds. The highest BCUT2D eigenvalue weighted by atomic mass is 16.5. The Bertz CT molecular complexity index is 308. The van der Waals surface area contributed by atoms with Gasteiger partial charge in [0.15, 0.2) is 0 Å². The summed E-state index contributed by atoms with van der Waals surface area (Å²) in [6, 6.07) is 1.98. The first kappa shape index (κ1) is 8.35. The number of aromatic nitrogens is 1. The fourth-order valence-corrected chi connectivity index (χ4v) is 1.43. The predicted molar refractivity (Wildman–Crippen MR) is 51.8 cm³/mol. The third-order valence-electron chi connectivity index (χ3n) is 2.20. The molecule has 3 heteroatoms. The van der Waals surface area contributed by atoms with E-state index in [0.717, 1.165) is 11.6 Å². The number of hydrogen-bond acceptors (Lipinski definition) is 3. The van der Waals surface area contributed by atoms with Crippen LogP contribution in [0.15, 0.2) is 12.3 Å². The van der Waals surface area contributed by atoms with Gasteiger partial charge in [0.05, 0.1) is 18.5 Å². The molecular weight excluding hydrogens is 164 g/mol. The van der Waals surface area contributed by atoms with Crippen molar-refractivity contribution in [2.24, 2.45) is 0 Å². The Kier molecular flexibility index (Phi) is 2.08. The van der Waals surface area contributed by atoms with Gasteiger partial charge < -0.3 is 10.5 Å². The van der Waals surface area contributed by atoms with Crippen LogP contribution in [-0.4, -0.2) is 11.6 Å². The van der Waals surface area contributed by atoms with E-state index in [1.807, 2.05) is 13.0 Å². The monoisotopic (exact) mass is 178 g/mol. The maximum absolute atomic E-state index is 5.67. The van der Waals surface area contributed by atoms with Crippen LogP contribution in [0.3, 0.4) is 0 Å². The number of nitrogens with zero attached hydrogens (tertiary/aromatic N) is 1. The lowest BCUT2D eigenvalue weighted by atomic mass is 10.1. The zero-order chi connectivity index (χ0) is 9.26. The van der Waals surface area contributed by atoms with Crippen LogP contribution in [-0.2, 0) is 0 Å². The summed E-state index contributed by atoms with van der Waals surface area (Å²) < 4.78 is 5.43. The Hall–Kier alpha value is -1.25. The first-order chi connectivity index (χ1) is 6.31. The first-order valence-corrected chi connectivity index (χ1v) is 4.69. The molecule has 70 valence electrons. The minimum atomic E-state index is 0.637. The van der Waals surface area contributed by atoms with Gasteiger partial charge in [-0.25, -0.2) is 4.98 Å². The molecule has 0 aliphatic heterocycles. The van der Waals surface area contributed by atoms with Crippen molar-refractivity contribution in [3.05, 3.63) is 17.8 Å². The fourth-order valence-electron chi connectivity index (χ4n) is 1.43. The SMILES string of the molecule is CCOc1ncc(N)cc1C1CC1. The Morgan fingerprint density at radius 3 is 3.00 bits per heavy atom. The molecule has 0 bridgehead atoms. The molecule has 1 aliphatic carbocycles. The smallest absolute Gasteiger partial charge is 0.216 e. The number of anilines is 1. The Labute approximate surface area is 77.9 Å². The van der Waals surface area contributed by atoms with Gasteiger partial charge in [0.25, 0.3) is 0 Å². The average molecular weight is 178 g/mol. The number of pyridine rings is 1. The highest BCUT2D eigenvalue weighted by Crippen LogP contribution is 2.44. The minimum absolute atomic E-state index is 0.637. The van der Waals surface area contributed by atoms with Gasteiger partial charge in [0.2, 0.25) is 5.88 Å². The molecule has 0 spiro atoms. The molecule has 1 fully saturated rings. The van der Waals surface area contributed by atoms with Gasteiger partial charge in [-0.05, 0) is 31.7 Å². The summed E-state index contributed by atoms with van der Waals surface area (Å²) >= 11 is 0. The highest BCUT2D eigenvalue weighted by Gasteiger charge is 2.27. The van der Waals surface area contributed by atoms with Gasteiger partial charge in [-0.2, -0.15) is 0 Å². The second-order valence-electron chi connectivity index (χ2n) is 3.37. The van der Waals surface area contributed by atoms with Crippen molar-refractivity contribution in [2.45, 2.75) is 25.7 Å². The lowest BCUT2D eigenvalue weighted by molar-refractivity contribution is 0.323. The lowest BCUT2D eigenvalue weighted by Gasteiger charge is -2.08. The summed E-state index contributed by atoms with van der Waals surface area (Å²) in [6.45, 7) is 2.63. The molecule has 1 aromatic heterocycles. The third kappa shape index (κ3) is 1.74. The maximum Gasteiger partial charge on any atom is 0.216 e. The maximum atomic E-state index is 5.67. The van der Waals surface area contributed by atoms with Crippen LogP contribution < -0.4 is 10.5 Å². The zero-order valence-electron chi connectivity index (χ0n) is 7.79. The normalized spacial score (nSPS) is 15.8. The van der Waals surface area contributed by atoms with E-state index in [1.165, 1.54) is 18.4 Å². The summed E-state index contributed by atoms with van der Waals surface area (Å²) in [6.07, 6.45) is 4.13. The van der Waals surface area contributed by atoms with Gasteiger partial charge in [0.1, 0.15) is 0 Å². The van der Waals surface area contributed by atoms with Crippen molar-refractivity contribution < 1.29 is 4.74 Å². The summed E-state index contributed by atoms with van der Waals surface area (Å²) in [5, 5.41) is 0. The van der Waals surface area contributed by atoms with Crippen LogP contribution in [0.1, 0.15) is 31.2 Å². The van der Waals surface area contributed by atoms with Gasteiger partial charge >= 0.3 is 0 Å². The molecule has 1 aliphatic rings. The van der Waals surface area contributed by atoms with E-state index < -0.39 is 0 Å². The average Bonchev–Trinajstić information content (AvgIpc) is 2.91. The van der Waals surface area contributed by atoms with Crippen LogP contribution in [0, 0.1) is 0 Å². The molecule has 0 saturated heterocycles. The fraction of sp³-hybridized carbons (Fsp3) is 0.500. The van der Waals surface area contributed by atoms with E-state index in [2.05, 4.69) is 4.98 Å². The minimum Gasteiger partial charge on any atom is -0.478 e. The van der Waals surface area contributed by atoms with Gasteiger partial charge in [0, 0.05) is 5.56 Å². The molecule has 1 saturated carbocycles. The zero-order valence-corrected chi connectivity index (χ0v) is 7.79.